The molecule has 0 aromatic heterocycles. The summed E-state index contributed by atoms with van der Waals surface area (Å²) < 4.78 is 4.38. The van der Waals surface area contributed by atoms with E-state index in [1.165, 1.54) is 13.3 Å². The summed E-state index contributed by atoms with van der Waals surface area (Å²) in [6.45, 7) is 0. The third kappa shape index (κ3) is 2.40. The Morgan fingerprint density at radius 1 is 1.33 bits per heavy atom. The average molecular weight is 244 g/mol. The van der Waals surface area contributed by atoms with Crippen LogP contribution in [0.2, 0.25) is 0 Å². The smallest absolute Gasteiger partial charge is 0.427 e. The van der Waals surface area contributed by atoms with Crippen molar-refractivity contribution in [3.8, 4) is 5.75 Å². The van der Waals surface area contributed by atoms with Crippen molar-refractivity contribution in [2.75, 3.05) is 7.11 Å². The second-order valence-electron chi connectivity index (χ2n) is 3.58. The van der Waals surface area contributed by atoms with Crippen molar-refractivity contribution in [3.63, 3.8) is 0 Å². The Labute approximate surface area is 104 Å². The van der Waals surface area contributed by atoms with Crippen molar-refractivity contribution in [2.24, 2.45) is 5.10 Å². The average Bonchev–Trinajstić information content (AvgIpc) is 2.41. The second kappa shape index (κ2) is 5.18. The van der Waals surface area contributed by atoms with E-state index >= 15 is 0 Å². The van der Waals surface area contributed by atoms with Crippen LogP contribution in [0.4, 0.5) is 4.79 Å². The molecule has 2 aromatic rings. The fraction of sp³-hybridized carbons (Fsp3) is 0.0769. The number of hydrazone groups is 1. The zero-order valence-electron chi connectivity index (χ0n) is 9.75. The fourth-order valence-electron chi connectivity index (χ4n) is 1.61. The summed E-state index contributed by atoms with van der Waals surface area (Å²) in [4.78, 5) is 10.8. The molecule has 0 heterocycles. The Hall–Kier alpha value is -2.56. The molecule has 18 heavy (non-hydrogen) atoms. The molecule has 0 atom stereocenters. The number of hydrogen-bond donors (Lipinski definition) is 2. The van der Waals surface area contributed by atoms with Crippen molar-refractivity contribution in [2.45, 2.75) is 0 Å². The van der Waals surface area contributed by atoms with Crippen LogP contribution in [-0.2, 0) is 4.74 Å². The van der Waals surface area contributed by atoms with Crippen molar-refractivity contribution in [3.05, 3.63) is 42.0 Å². The van der Waals surface area contributed by atoms with E-state index in [9.17, 15) is 9.90 Å². The third-order valence-corrected chi connectivity index (χ3v) is 2.48. The Morgan fingerprint density at radius 3 is 2.89 bits per heavy atom. The summed E-state index contributed by atoms with van der Waals surface area (Å²) in [5.74, 6) is 0.101. The second-order valence-corrected chi connectivity index (χ2v) is 3.58. The van der Waals surface area contributed by atoms with Crippen molar-refractivity contribution in [1.29, 1.82) is 0 Å². The first-order valence-electron chi connectivity index (χ1n) is 5.30. The highest BCUT2D eigenvalue weighted by Crippen LogP contribution is 2.25. The molecule has 0 spiro atoms. The van der Waals surface area contributed by atoms with E-state index < -0.39 is 6.09 Å². The maximum Gasteiger partial charge on any atom is 0.427 e. The minimum Gasteiger partial charge on any atom is -0.507 e. The van der Waals surface area contributed by atoms with Crippen LogP contribution < -0.4 is 5.43 Å². The SMILES string of the molecule is COC(=O)NN=Cc1c(O)ccc2ccccc12. The van der Waals surface area contributed by atoms with Gasteiger partial charge in [0, 0.05) is 5.56 Å². The monoisotopic (exact) mass is 244 g/mol. The number of hydrogen-bond acceptors (Lipinski definition) is 4. The molecule has 0 aliphatic heterocycles. The molecular formula is C13H12N2O3. The van der Waals surface area contributed by atoms with Crippen LogP contribution in [0.5, 0.6) is 5.75 Å². The molecule has 1 amide bonds. The predicted molar refractivity (Wildman–Crippen MR) is 68.7 cm³/mol. The summed E-state index contributed by atoms with van der Waals surface area (Å²) in [6.07, 6.45) is 0.722. The lowest BCUT2D eigenvalue weighted by molar-refractivity contribution is 0.171. The van der Waals surface area contributed by atoms with Crippen molar-refractivity contribution >= 4 is 23.1 Å². The standard InChI is InChI=1S/C13H12N2O3/c1-18-13(17)15-14-8-11-10-5-3-2-4-9(10)6-7-12(11)16/h2-8,16H,1H3,(H,15,17). The molecule has 0 bridgehead atoms. The van der Waals surface area contributed by atoms with E-state index in [1.54, 1.807) is 6.07 Å². The molecule has 0 saturated heterocycles. The Morgan fingerprint density at radius 2 is 2.11 bits per heavy atom. The molecule has 92 valence electrons. The number of nitrogens with one attached hydrogen (secondary N) is 1. The van der Waals surface area contributed by atoms with Gasteiger partial charge in [0.15, 0.2) is 0 Å². The number of methoxy groups -OCH3 is 1. The van der Waals surface area contributed by atoms with Crippen molar-refractivity contribution < 1.29 is 14.6 Å². The molecule has 0 radical (unpaired) electrons. The molecule has 0 unspecified atom stereocenters. The van der Waals surface area contributed by atoms with Crippen LogP contribution in [-0.4, -0.2) is 24.5 Å². The molecule has 0 fully saturated rings. The number of benzene rings is 2. The predicted octanol–water partition coefficient (Wildman–Crippen LogP) is 2.24. The number of carbonyl (C=O) groups is 1. The number of aromatic hydroxyl groups is 1. The summed E-state index contributed by atoms with van der Waals surface area (Å²) in [5, 5.41) is 15.3. The molecule has 0 aliphatic rings. The highest BCUT2D eigenvalue weighted by Gasteiger charge is 2.04. The number of rotatable bonds is 2. The van der Waals surface area contributed by atoms with Crippen LogP contribution in [0.3, 0.4) is 0 Å². The van der Waals surface area contributed by atoms with Gasteiger partial charge >= 0.3 is 6.09 Å². The largest absolute Gasteiger partial charge is 0.507 e. The summed E-state index contributed by atoms with van der Waals surface area (Å²) >= 11 is 0. The van der Waals surface area contributed by atoms with E-state index in [2.05, 4.69) is 15.3 Å². The summed E-state index contributed by atoms with van der Waals surface area (Å²) in [7, 11) is 1.25. The first-order valence-corrected chi connectivity index (χ1v) is 5.30. The van der Waals surface area contributed by atoms with Gasteiger partial charge in [-0.2, -0.15) is 5.10 Å². The minimum atomic E-state index is -0.661. The number of fused-ring (bicyclic) bond motifs is 1. The highest BCUT2D eigenvalue weighted by molar-refractivity contribution is 6.02. The zero-order valence-corrected chi connectivity index (χ0v) is 9.75. The number of phenolic OH excluding ortho intramolecular Hbond substituents is 1. The van der Waals surface area contributed by atoms with Gasteiger partial charge in [-0.25, -0.2) is 10.2 Å². The van der Waals surface area contributed by atoms with Gasteiger partial charge in [-0.3, -0.25) is 0 Å². The quantitative estimate of drug-likeness (QED) is 0.628. The van der Waals surface area contributed by atoms with Crippen LogP contribution in [0.15, 0.2) is 41.5 Å². The number of nitrogens with zero attached hydrogens (tertiary/aromatic N) is 1. The van der Waals surface area contributed by atoms with E-state index in [1.807, 2.05) is 30.3 Å². The van der Waals surface area contributed by atoms with E-state index in [-0.39, 0.29) is 5.75 Å². The van der Waals surface area contributed by atoms with Crippen LogP contribution in [0, 0.1) is 0 Å². The van der Waals surface area contributed by atoms with E-state index in [0.717, 1.165) is 10.8 Å². The third-order valence-electron chi connectivity index (χ3n) is 2.48. The van der Waals surface area contributed by atoms with Gasteiger partial charge in [-0.1, -0.05) is 30.3 Å². The molecule has 5 heteroatoms. The van der Waals surface area contributed by atoms with E-state index in [0.29, 0.717) is 5.56 Å². The molecule has 2 rings (SSSR count). The summed E-state index contributed by atoms with van der Waals surface area (Å²) in [5.41, 5.74) is 2.72. The zero-order chi connectivity index (χ0) is 13.0. The first kappa shape index (κ1) is 11.9. The molecular weight excluding hydrogens is 232 g/mol. The molecule has 0 saturated carbocycles. The maximum absolute atomic E-state index is 10.8. The Bertz CT molecular complexity index is 608. The number of carbonyl (C=O) groups excluding carboxylic acids is 1. The molecule has 2 N–H and O–H groups in total. The van der Waals surface area contributed by atoms with Gasteiger partial charge in [0.05, 0.1) is 13.3 Å². The normalized spacial score (nSPS) is 10.7. The lowest BCUT2D eigenvalue weighted by Crippen LogP contribution is -2.16. The fourth-order valence-corrected chi connectivity index (χ4v) is 1.61. The van der Waals surface area contributed by atoms with E-state index in [4.69, 9.17) is 0 Å². The Balaban J connectivity index is 2.37. The maximum atomic E-state index is 10.8. The lowest BCUT2D eigenvalue weighted by Gasteiger charge is -2.04. The van der Waals surface area contributed by atoms with Gasteiger partial charge in [-0.15, -0.1) is 0 Å². The van der Waals surface area contributed by atoms with Crippen LogP contribution in [0.1, 0.15) is 5.56 Å². The molecule has 0 aliphatic carbocycles. The van der Waals surface area contributed by atoms with Gasteiger partial charge < -0.3 is 9.84 Å². The van der Waals surface area contributed by atoms with Gasteiger partial charge in [0.25, 0.3) is 0 Å². The lowest BCUT2D eigenvalue weighted by atomic mass is 10.0. The minimum absolute atomic E-state index is 0.101. The summed E-state index contributed by atoms with van der Waals surface area (Å²) in [6, 6.07) is 11.0. The number of amides is 1. The number of ether oxygens (including phenoxy) is 1. The van der Waals surface area contributed by atoms with Crippen molar-refractivity contribution in [1.82, 2.24) is 5.43 Å². The van der Waals surface area contributed by atoms with Gasteiger partial charge in [0.2, 0.25) is 0 Å². The topological polar surface area (TPSA) is 70.9 Å². The molecule has 2 aromatic carbocycles. The number of phenols is 1. The van der Waals surface area contributed by atoms with Crippen LogP contribution in [0.25, 0.3) is 10.8 Å². The molecule has 5 nitrogen and oxygen atoms in total. The van der Waals surface area contributed by atoms with Gasteiger partial charge in [0.1, 0.15) is 5.75 Å². The van der Waals surface area contributed by atoms with Gasteiger partial charge in [-0.05, 0) is 16.8 Å². The first-order chi connectivity index (χ1) is 8.72. The van der Waals surface area contributed by atoms with Crippen LogP contribution >= 0.6 is 0 Å². The Kier molecular flexibility index (Phi) is 3.43. The highest BCUT2D eigenvalue weighted by atomic mass is 16.5.